The number of benzene rings is 3. The summed E-state index contributed by atoms with van der Waals surface area (Å²) in [5, 5.41) is 3.73. The highest BCUT2D eigenvalue weighted by molar-refractivity contribution is 6.32. The molecule has 1 heterocycles. The van der Waals surface area contributed by atoms with Crippen molar-refractivity contribution in [1.29, 1.82) is 0 Å². The fourth-order valence-corrected chi connectivity index (χ4v) is 4.45. The number of ether oxygens (including phenoxy) is 2. The number of aromatic nitrogens is 2. The van der Waals surface area contributed by atoms with Gasteiger partial charge >= 0.3 is 0 Å². The number of carbonyl (C=O) groups excluding carboxylic acids is 1. The predicted molar refractivity (Wildman–Crippen MR) is 149 cm³/mol. The van der Waals surface area contributed by atoms with Crippen molar-refractivity contribution in [3.05, 3.63) is 87.7 Å². The lowest BCUT2D eigenvalue weighted by Crippen LogP contribution is -2.30. The Balaban J connectivity index is 1.31. The highest BCUT2D eigenvalue weighted by atomic mass is 35.5. The molecular formula is C30H34ClN3O3. The van der Waals surface area contributed by atoms with Crippen LogP contribution in [0.1, 0.15) is 34.5 Å². The standard InChI is InChI=1S/C30H34ClN3O3/c1-20-11-12-21(2)27(16-20)37-19-29(35)32-13-7-10-28-33-25-8-5-6-9-26(25)34(28)14-15-36-24-17-22(3)30(31)23(4)18-24/h5-6,8-9,11-12,16-18H,7,10,13-15,19H2,1-4H3,(H,32,35). The number of aryl methyl sites for hydroxylation is 5. The smallest absolute Gasteiger partial charge is 0.257 e. The van der Waals surface area contributed by atoms with Gasteiger partial charge in [0.25, 0.3) is 5.91 Å². The van der Waals surface area contributed by atoms with Gasteiger partial charge in [0.05, 0.1) is 17.6 Å². The third-order valence-corrected chi connectivity index (χ3v) is 6.93. The molecule has 1 aromatic heterocycles. The van der Waals surface area contributed by atoms with Crippen LogP contribution in [0.5, 0.6) is 11.5 Å². The highest BCUT2D eigenvalue weighted by Crippen LogP contribution is 2.26. The second-order valence-electron chi connectivity index (χ2n) is 9.40. The first-order chi connectivity index (χ1) is 17.8. The molecule has 0 saturated carbocycles. The number of halogens is 1. The number of rotatable bonds is 11. The van der Waals surface area contributed by atoms with E-state index in [1.165, 1.54) is 0 Å². The van der Waals surface area contributed by atoms with Crippen LogP contribution in [0.25, 0.3) is 11.0 Å². The van der Waals surface area contributed by atoms with Crippen molar-refractivity contribution in [2.75, 3.05) is 19.8 Å². The van der Waals surface area contributed by atoms with E-state index in [1.54, 1.807) is 0 Å². The molecule has 3 aromatic carbocycles. The molecule has 0 unspecified atom stereocenters. The van der Waals surface area contributed by atoms with E-state index < -0.39 is 0 Å². The first-order valence-corrected chi connectivity index (χ1v) is 13.0. The summed E-state index contributed by atoms with van der Waals surface area (Å²) in [7, 11) is 0. The van der Waals surface area contributed by atoms with Crippen LogP contribution in [0.2, 0.25) is 5.02 Å². The Morgan fingerprint density at radius 2 is 1.73 bits per heavy atom. The van der Waals surface area contributed by atoms with E-state index in [0.717, 1.165) is 68.5 Å². The molecule has 37 heavy (non-hydrogen) atoms. The lowest BCUT2D eigenvalue weighted by Gasteiger charge is -2.13. The highest BCUT2D eigenvalue weighted by Gasteiger charge is 2.12. The van der Waals surface area contributed by atoms with Gasteiger partial charge in [0.2, 0.25) is 0 Å². The Morgan fingerprint density at radius 3 is 2.51 bits per heavy atom. The number of carbonyl (C=O) groups is 1. The number of hydrogen-bond acceptors (Lipinski definition) is 4. The van der Waals surface area contributed by atoms with Gasteiger partial charge in [0, 0.05) is 18.0 Å². The number of amides is 1. The Bertz CT molecular complexity index is 1370. The minimum Gasteiger partial charge on any atom is -0.492 e. The number of nitrogens with zero attached hydrogens (tertiary/aromatic N) is 2. The molecular weight excluding hydrogens is 486 g/mol. The van der Waals surface area contributed by atoms with Crippen molar-refractivity contribution in [3.8, 4) is 11.5 Å². The largest absolute Gasteiger partial charge is 0.492 e. The molecule has 0 radical (unpaired) electrons. The van der Waals surface area contributed by atoms with E-state index in [2.05, 4.69) is 16.0 Å². The summed E-state index contributed by atoms with van der Waals surface area (Å²) in [6.07, 6.45) is 1.51. The minimum absolute atomic E-state index is 0.00376. The summed E-state index contributed by atoms with van der Waals surface area (Å²) >= 11 is 6.29. The number of nitrogens with one attached hydrogen (secondary N) is 1. The van der Waals surface area contributed by atoms with Crippen molar-refractivity contribution >= 4 is 28.5 Å². The van der Waals surface area contributed by atoms with Gasteiger partial charge in [0.15, 0.2) is 6.61 Å². The molecule has 0 spiro atoms. The monoisotopic (exact) mass is 519 g/mol. The van der Waals surface area contributed by atoms with Crippen LogP contribution in [0, 0.1) is 27.7 Å². The lowest BCUT2D eigenvalue weighted by molar-refractivity contribution is -0.123. The van der Waals surface area contributed by atoms with Gasteiger partial charge in [-0.3, -0.25) is 4.79 Å². The summed E-state index contributed by atoms with van der Waals surface area (Å²) < 4.78 is 14.0. The predicted octanol–water partition coefficient (Wildman–Crippen LogP) is 6.13. The Labute approximate surface area is 223 Å². The van der Waals surface area contributed by atoms with Gasteiger partial charge in [-0.25, -0.2) is 4.98 Å². The third-order valence-electron chi connectivity index (χ3n) is 6.33. The molecule has 0 aliphatic heterocycles. The van der Waals surface area contributed by atoms with Gasteiger partial charge < -0.3 is 19.4 Å². The second kappa shape index (κ2) is 12.2. The summed E-state index contributed by atoms with van der Waals surface area (Å²) in [5.74, 6) is 2.41. The van der Waals surface area contributed by atoms with E-state index >= 15 is 0 Å². The molecule has 4 aromatic rings. The third kappa shape index (κ3) is 6.83. The van der Waals surface area contributed by atoms with Crippen molar-refractivity contribution in [1.82, 2.24) is 14.9 Å². The molecule has 1 N–H and O–H groups in total. The van der Waals surface area contributed by atoms with Gasteiger partial charge in [-0.2, -0.15) is 0 Å². The number of imidazole rings is 1. The zero-order valence-corrected chi connectivity index (χ0v) is 22.7. The van der Waals surface area contributed by atoms with Crippen molar-refractivity contribution in [2.24, 2.45) is 0 Å². The molecule has 0 fully saturated rings. The maximum Gasteiger partial charge on any atom is 0.257 e. The average molecular weight is 520 g/mol. The van der Waals surface area contributed by atoms with E-state index in [1.807, 2.05) is 76.2 Å². The minimum atomic E-state index is -0.128. The maximum absolute atomic E-state index is 12.3. The maximum atomic E-state index is 12.3. The molecule has 0 atom stereocenters. The van der Waals surface area contributed by atoms with Gasteiger partial charge in [0.1, 0.15) is 23.9 Å². The van der Waals surface area contributed by atoms with E-state index in [0.29, 0.717) is 19.7 Å². The molecule has 0 bridgehead atoms. The normalized spacial score (nSPS) is 11.1. The molecule has 0 saturated heterocycles. The molecule has 6 nitrogen and oxygen atoms in total. The number of fused-ring (bicyclic) bond motifs is 1. The van der Waals surface area contributed by atoms with E-state index in [4.69, 9.17) is 26.1 Å². The van der Waals surface area contributed by atoms with Crippen LogP contribution in [0.4, 0.5) is 0 Å². The zero-order valence-electron chi connectivity index (χ0n) is 21.9. The average Bonchev–Trinajstić information content (AvgIpc) is 3.23. The topological polar surface area (TPSA) is 65.4 Å². The molecule has 1 amide bonds. The zero-order chi connectivity index (χ0) is 26.4. The molecule has 7 heteroatoms. The van der Waals surface area contributed by atoms with Crippen LogP contribution in [-0.4, -0.2) is 35.2 Å². The first kappa shape index (κ1) is 26.6. The fourth-order valence-electron chi connectivity index (χ4n) is 4.34. The van der Waals surface area contributed by atoms with Crippen LogP contribution in [0.3, 0.4) is 0 Å². The van der Waals surface area contributed by atoms with E-state index in [9.17, 15) is 4.79 Å². The van der Waals surface area contributed by atoms with E-state index in [-0.39, 0.29) is 12.5 Å². The van der Waals surface area contributed by atoms with Crippen LogP contribution < -0.4 is 14.8 Å². The number of para-hydroxylation sites is 2. The van der Waals surface area contributed by atoms with Crippen molar-refractivity contribution in [2.45, 2.75) is 47.1 Å². The Morgan fingerprint density at radius 1 is 0.973 bits per heavy atom. The second-order valence-corrected chi connectivity index (χ2v) is 9.78. The van der Waals surface area contributed by atoms with Crippen LogP contribution >= 0.6 is 11.6 Å². The summed E-state index contributed by atoms with van der Waals surface area (Å²) in [6, 6.07) is 18.0. The first-order valence-electron chi connectivity index (χ1n) is 12.6. The summed E-state index contributed by atoms with van der Waals surface area (Å²) in [4.78, 5) is 17.1. The van der Waals surface area contributed by atoms with Crippen molar-refractivity contribution < 1.29 is 14.3 Å². The van der Waals surface area contributed by atoms with Gasteiger partial charge in [-0.05, 0) is 86.7 Å². The Kier molecular flexibility index (Phi) is 8.72. The van der Waals surface area contributed by atoms with Gasteiger partial charge in [-0.1, -0.05) is 35.9 Å². The Hall–Kier alpha value is -3.51. The molecule has 0 aliphatic carbocycles. The van der Waals surface area contributed by atoms with Gasteiger partial charge in [-0.15, -0.1) is 0 Å². The van der Waals surface area contributed by atoms with Crippen LogP contribution in [0.15, 0.2) is 54.6 Å². The summed E-state index contributed by atoms with van der Waals surface area (Å²) in [5.41, 5.74) is 6.17. The fraction of sp³-hybridized carbons (Fsp3) is 0.333. The van der Waals surface area contributed by atoms with Crippen molar-refractivity contribution in [3.63, 3.8) is 0 Å². The lowest BCUT2D eigenvalue weighted by atomic mass is 10.1. The summed E-state index contributed by atoms with van der Waals surface area (Å²) in [6.45, 7) is 9.69. The SMILES string of the molecule is Cc1ccc(C)c(OCC(=O)NCCCc2nc3ccccc3n2CCOc2cc(C)c(Cl)c(C)c2)c1. The quantitative estimate of drug-likeness (QED) is 0.242. The number of hydrogen-bond donors (Lipinski definition) is 1. The molecule has 4 rings (SSSR count). The molecule has 194 valence electrons. The van der Waals surface area contributed by atoms with Crippen LogP contribution in [-0.2, 0) is 17.8 Å². The molecule has 0 aliphatic rings.